The van der Waals surface area contributed by atoms with Crippen molar-refractivity contribution in [3.05, 3.63) is 42.0 Å². The van der Waals surface area contributed by atoms with Crippen molar-refractivity contribution in [2.75, 3.05) is 14.2 Å². The van der Waals surface area contributed by atoms with Gasteiger partial charge in [0.05, 0.1) is 13.0 Å². The largest absolute Gasteiger partial charge is 0.497 e. The van der Waals surface area contributed by atoms with Gasteiger partial charge in [-0.1, -0.05) is 24.3 Å². The van der Waals surface area contributed by atoms with E-state index in [9.17, 15) is 14.7 Å². The summed E-state index contributed by atoms with van der Waals surface area (Å²) in [5, 5.41) is 11.3. The zero-order valence-electron chi connectivity index (χ0n) is 14.7. The van der Waals surface area contributed by atoms with Crippen molar-refractivity contribution in [2.45, 2.75) is 32.2 Å². The molecule has 0 aliphatic heterocycles. The minimum Gasteiger partial charge on any atom is -0.497 e. The van der Waals surface area contributed by atoms with Crippen LogP contribution >= 0.6 is 0 Å². The molecule has 2 aromatic carbocycles. The molecule has 2 rings (SSSR count). The smallest absolute Gasteiger partial charge is 0.329 e. The molecule has 0 aliphatic carbocycles. The lowest BCUT2D eigenvalue weighted by molar-refractivity contribution is -0.155. The molecule has 0 heterocycles. The highest BCUT2D eigenvalue weighted by Crippen LogP contribution is 2.27. The Hall–Kier alpha value is -2.56. The number of ether oxygens (including phenoxy) is 1. The molecular weight excluding hydrogens is 306 g/mol. The standard InChI is InChI=1S/C19H23NO4/c1-12(17(21)20(4)19(2,3)18(22)23)13-6-7-15-11-16(24-5)9-8-14(15)10-13/h6-12H,1-5H3,(H,22,23). The summed E-state index contributed by atoms with van der Waals surface area (Å²) in [6.45, 7) is 4.83. The number of carbonyl (C=O) groups is 2. The van der Waals surface area contributed by atoms with Gasteiger partial charge < -0.3 is 14.7 Å². The van der Waals surface area contributed by atoms with E-state index in [0.717, 1.165) is 22.1 Å². The monoisotopic (exact) mass is 329 g/mol. The summed E-state index contributed by atoms with van der Waals surface area (Å²) in [6, 6.07) is 11.5. The molecule has 128 valence electrons. The van der Waals surface area contributed by atoms with Gasteiger partial charge in [-0.25, -0.2) is 4.79 Å². The minimum atomic E-state index is -1.25. The van der Waals surface area contributed by atoms with Crippen molar-refractivity contribution >= 4 is 22.6 Å². The van der Waals surface area contributed by atoms with E-state index in [1.54, 1.807) is 14.0 Å². The first kappa shape index (κ1) is 17.8. The first-order valence-corrected chi connectivity index (χ1v) is 7.77. The van der Waals surface area contributed by atoms with Gasteiger partial charge in [0.1, 0.15) is 11.3 Å². The maximum Gasteiger partial charge on any atom is 0.329 e. The quantitative estimate of drug-likeness (QED) is 0.914. The molecule has 5 heteroatoms. The number of methoxy groups -OCH3 is 1. The highest BCUT2D eigenvalue weighted by Gasteiger charge is 2.37. The molecule has 0 fully saturated rings. The van der Waals surface area contributed by atoms with Crippen LogP contribution in [-0.2, 0) is 9.59 Å². The third-order valence-electron chi connectivity index (χ3n) is 4.63. The number of amides is 1. The molecule has 1 N–H and O–H groups in total. The number of fused-ring (bicyclic) bond motifs is 1. The SMILES string of the molecule is COc1ccc2cc(C(C)C(=O)N(C)C(C)(C)C(=O)O)ccc2c1. The normalized spacial score (nSPS) is 12.7. The Morgan fingerprint density at radius 2 is 1.71 bits per heavy atom. The van der Waals surface area contributed by atoms with Crippen molar-refractivity contribution in [3.63, 3.8) is 0 Å². The summed E-state index contributed by atoms with van der Waals surface area (Å²) in [4.78, 5) is 25.3. The van der Waals surface area contributed by atoms with Crippen LogP contribution in [0.2, 0.25) is 0 Å². The third-order valence-corrected chi connectivity index (χ3v) is 4.63. The van der Waals surface area contributed by atoms with Crippen molar-refractivity contribution in [2.24, 2.45) is 0 Å². The van der Waals surface area contributed by atoms with E-state index in [-0.39, 0.29) is 5.91 Å². The van der Waals surface area contributed by atoms with Crippen LogP contribution in [0.15, 0.2) is 36.4 Å². The molecule has 24 heavy (non-hydrogen) atoms. The molecule has 0 saturated heterocycles. The fourth-order valence-electron chi connectivity index (χ4n) is 2.49. The van der Waals surface area contributed by atoms with Gasteiger partial charge in [-0.15, -0.1) is 0 Å². The van der Waals surface area contributed by atoms with Crippen LogP contribution in [0, 0.1) is 0 Å². The van der Waals surface area contributed by atoms with Crippen LogP contribution in [-0.4, -0.2) is 41.6 Å². The van der Waals surface area contributed by atoms with Gasteiger partial charge >= 0.3 is 5.97 Å². The average Bonchev–Trinajstić information content (AvgIpc) is 2.58. The van der Waals surface area contributed by atoms with Crippen LogP contribution in [0.5, 0.6) is 5.75 Å². The molecule has 1 unspecified atom stereocenters. The molecule has 2 aromatic rings. The Kier molecular flexibility index (Phi) is 4.83. The summed E-state index contributed by atoms with van der Waals surface area (Å²) in [6.07, 6.45) is 0. The van der Waals surface area contributed by atoms with Gasteiger partial charge in [-0.2, -0.15) is 0 Å². The van der Waals surface area contributed by atoms with Crippen molar-refractivity contribution < 1.29 is 19.4 Å². The summed E-state index contributed by atoms with van der Waals surface area (Å²) < 4.78 is 5.21. The lowest BCUT2D eigenvalue weighted by Gasteiger charge is -2.33. The molecule has 0 radical (unpaired) electrons. The first-order chi connectivity index (χ1) is 11.2. The van der Waals surface area contributed by atoms with Gasteiger partial charge in [-0.05, 0) is 49.2 Å². The van der Waals surface area contributed by atoms with Crippen LogP contribution in [0.4, 0.5) is 0 Å². The highest BCUT2D eigenvalue weighted by molar-refractivity contribution is 5.91. The van der Waals surface area contributed by atoms with E-state index in [1.165, 1.54) is 25.8 Å². The van der Waals surface area contributed by atoms with Crippen LogP contribution < -0.4 is 4.74 Å². The van der Waals surface area contributed by atoms with Crippen molar-refractivity contribution in [1.29, 1.82) is 0 Å². The molecule has 1 atom stereocenters. The molecule has 0 saturated carbocycles. The topological polar surface area (TPSA) is 66.8 Å². The van der Waals surface area contributed by atoms with E-state index < -0.39 is 17.4 Å². The zero-order chi connectivity index (χ0) is 18.1. The lowest BCUT2D eigenvalue weighted by atomic mass is 9.94. The van der Waals surface area contributed by atoms with Gasteiger partial charge in [0.2, 0.25) is 5.91 Å². The predicted octanol–water partition coefficient (Wildman–Crippen LogP) is 3.27. The Morgan fingerprint density at radius 1 is 1.12 bits per heavy atom. The predicted molar refractivity (Wildman–Crippen MR) is 93.4 cm³/mol. The van der Waals surface area contributed by atoms with Gasteiger partial charge in [0.25, 0.3) is 0 Å². The molecule has 0 spiro atoms. The van der Waals surface area contributed by atoms with E-state index in [4.69, 9.17) is 4.74 Å². The number of carbonyl (C=O) groups excluding carboxylic acids is 1. The zero-order valence-corrected chi connectivity index (χ0v) is 14.7. The van der Waals surface area contributed by atoms with E-state index in [0.29, 0.717) is 0 Å². The molecule has 1 amide bonds. The first-order valence-electron chi connectivity index (χ1n) is 7.77. The fourth-order valence-corrected chi connectivity index (χ4v) is 2.49. The van der Waals surface area contributed by atoms with Crippen LogP contribution in [0.1, 0.15) is 32.3 Å². The number of benzene rings is 2. The second kappa shape index (κ2) is 6.51. The number of aliphatic carboxylic acids is 1. The molecular formula is C19H23NO4. The van der Waals surface area contributed by atoms with Gasteiger partial charge in [-0.3, -0.25) is 4.79 Å². The number of hydrogen-bond donors (Lipinski definition) is 1. The Bertz CT molecular complexity index is 782. The number of carboxylic acid groups (broad SMARTS) is 1. The Balaban J connectivity index is 2.32. The summed E-state index contributed by atoms with van der Waals surface area (Å²) in [5.74, 6) is -0.908. The second-order valence-corrected chi connectivity index (χ2v) is 6.46. The maximum absolute atomic E-state index is 12.7. The van der Waals surface area contributed by atoms with Crippen molar-refractivity contribution in [3.8, 4) is 5.75 Å². The van der Waals surface area contributed by atoms with Gasteiger partial charge in [0, 0.05) is 7.05 Å². The molecule has 0 bridgehead atoms. The number of nitrogens with zero attached hydrogens (tertiary/aromatic N) is 1. The summed E-state index contributed by atoms with van der Waals surface area (Å²) in [5.41, 5.74) is -0.402. The second-order valence-electron chi connectivity index (χ2n) is 6.46. The Morgan fingerprint density at radius 3 is 2.29 bits per heavy atom. The molecule has 0 aromatic heterocycles. The highest BCUT2D eigenvalue weighted by atomic mass is 16.5. The van der Waals surface area contributed by atoms with E-state index in [2.05, 4.69) is 0 Å². The number of carboxylic acids is 1. The number of rotatable bonds is 5. The number of likely N-dealkylation sites (N-methyl/N-ethyl adjacent to an activating group) is 1. The average molecular weight is 329 g/mol. The van der Waals surface area contributed by atoms with Crippen LogP contribution in [0.25, 0.3) is 10.8 Å². The summed E-state index contributed by atoms with van der Waals surface area (Å²) in [7, 11) is 3.15. The summed E-state index contributed by atoms with van der Waals surface area (Å²) >= 11 is 0. The van der Waals surface area contributed by atoms with E-state index in [1.807, 2.05) is 36.4 Å². The third kappa shape index (κ3) is 3.20. The maximum atomic E-state index is 12.7. The van der Waals surface area contributed by atoms with Crippen molar-refractivity contribution in [1.82, 2.24) is 4.90 Å². The molecule has 0 aliphatic rings. The van der Waals surface area contributed by atoms with E-state index >= 15 is 0 Å². The van der Waals surface area contributed by atoms with Gasteiger partial charge in [0.15, 0.2) is 0 Å². The molecule has 5 nitrogen and oxygen atoms in total. The minimum absolute atomic E-state index is 0.227. The number of hydrogen-bond acceptors (Lipinski definition) is 3. The van der Waals surface area contributed by atoms with Crippen LogP contribution in [0.3, 0.4) is 0 Å². The fraction of sp³-hybridized carbons (Fsp3) is 0.368. The Labute approximate surface area is 141 Å². The lowest BCUT2D eigenvalue weighted by Crippen LogP contribution is -2.51.